The molecule has 0 amide bonds. The molecule has 0 N–H and O–H groups in total. The monoisotopic (exact) mass is 232 g/mol. The average molecular weight is 232 g/mol. The highest BCUT2D eigenvalue weighted by Gasteiger charge is 2.15. The molecule has 1 aliphatic rings. The molecule has 1 saturated carbocycles. The van der Waals surface area contributed by atoms with Gasteiger partial charge in [-0.2, -0.15) is 0 Å². The number of hydrogen-bond donors (Lipinski definition) is 0. The summed E-state index contributed by atoms with van der Waals surface area (Å²) in [4.78, 5) is 0. The third-order valence-corrected chi connectivity index (χ3v) is 3.17. The van der Waals surface area contributed by atoms with Crippen molar-refractivity contribution in [2.75, 3.05) is 13.7 Å². The van der Waals surface area contributed by atoms with Crippen LogP contribution in [0.25, 0.3) is 5.76 Å². The van der Waals surface area contributed by atoms with E-state index in [9.17, 15) is 0 Å². The van der Waals surface area contributed by atoms with Gasteiger partial charge in [0.15, 0.2) is 0 Å². The summed E-state index contributed by atoms with van der Waals surface area (Å²) in [5.41, 5.74) is 2.64. The summed E-state index contributed by atoms with van der Waals surface area (Å²) >= 11 is 0. The molecule has 2 heteroatoms. The predicted molar refractivity (Wildman–Crippen MR) is 70.0 cm³/mol. The lowest BCUT2D eigenvalue weighted by atomic mass is 10.1. The fraction of sp³-hybridized carbons (Fsp3) is 0.467. The lowest BCUT2D eigenvalue weighted by molar-refractivity contribution is 0.294. The molecule has 1 aromatic rings. The first-order valence-electron chi connectivity index (χ1n) is 6.34. The van der Waals surface area contributed by atoms with Gasteiger partial charge < -0.3 is 9.47 Å². The number of rotatable bonds is 4. The second-order valence-corrected chi connectivity index (χ2v) is 4.30. The first-order valence-corrected chi connectivity index (χ1v) is 6.34. The summed E-state index contributed by atoms with van der Waals surface area (Å²) in [5, 5.41) is 0. The Kier molecular flexibility index (Phi) is 4.08. The van der Waals surface area contributed by atoms with Crippen molar-refractivity contribution in [3.05, 3.63) is 35.4 Å². The van der Waals surface area contributed by atoms with Crippen LogP contribution in [0.2, 0.25) is 0 Å². The van der Waals surface area contributed by atoms with E-state index in [0.29, 0.717) is 0 Å². The van der Waals surface area contributed by atoms with Crippen LogP contribution in [0.15, 0.2) is 29.8 Å². The molecule has 92 valence electrons. The Hall–Kier alpha value is -1.44. The molecule has 2 nitrogen and oxygen atoms in total. The molecule has 2 rings (SSSR count). The highest BCUT2D eigenvalue weighted by atomic mass is 16.5. The van der Waals surface area contributed by atoms with E-state index < -0.39 is 0 Å². The second kappa shape index (κ2) is 5.76. The van der Waals surface area contributed by atoms with E-state index in [1.54, 1.807) is 7.11 Å². The summed E-state index contributed by atoms with van der Waals surface area (Å²) in [6.07, 6.45) is 4.95. The van der Waals surface area contributed by atoms with Gasteiger partial charge in [-0.15, -0.1) is 0 Å². The molecule has 0 heterocycles. The van der Waals surface area contributed by atoms with E-state index in [1.165, 1.54) is 36.8 Å². The van der Waals surface area contributed by atoms with Gasteiger partial charge in [-0.05, 0) is 62.4 Å². The SMILES string of the molecule is CCOC(=C1CCCC1)c1ccc(OC)cc1. The molecule has 1 aliphatic carbocycles. The number of methoxy groups -OCH3 is 1. The van der Waals surface area contributed by atoms with Crippen molar-refractivity contribution in [1.29, 1.82) is 0 Å². The van der Waals surface area contributed by atoms with Crippen LogP contribution in [0.5, 0.6) is 5.75 Å². The van der Waals surface area contributed by atoms with Crippen LogP contribution in [0.3, 0.4) is 0 Å². The molecule has 0 spiro atoms. The van der Waals surface area contributed by atoms with Gasteiger partial charge in [-0.1, -0.05) is 0 Å². The van der Waals surface area contributed by atoms with Crippen LogP contribution in [0.1, 0.15) is 38.2 Å². The van der Waals surface area contributed by atoms with Crippen LogP contribution < -0.4 is 4.74 Å². The first-order chi connectivity index (χ1) is 8.35. The van der Waals surface area contributed by atoms with Crippen LogP contribution >= 0.6 is 0 Å². The molecule has 1 aromatic carbocycles. The molecule has 17 heavy (non-hydrogen) atoms. The minimum absolute atomic E-state index is 0.727. The Morgan fingerprint density at radius 1 is 1.12 bits per heavy atom. The van der Waals surface area contributed by atoms with E-state index in [0.717, 1.165) is 18.1 Å². The zero-order valence-electron chi connectivity index (χ0n) is 10.7. The van der Waals surface area contributed by atoms with Crippen molar-refractivity contribution < 1.29 is 9.47 Å². The minimum atomic E-state index is 0.727. The van der Waals surface area contributed by atoms with E-state index in [1.807, 2.05) is 19.1 Å². The van der Waals surface area contributed by atoms with Gasteiger partial charge in [-0.25, -0.2) is 0 Å². The molecule has 0 unspecified atom stereocenters. The molecule has 0 saturated heterocycles. The van der Waals surface area contributed by atoms with Crippen molar-refractivity contribution in [2.24, 2.45) is 0 Å². The summed E-state index contributed by atoms with van der Waals surface area (Å²) in [6, 6.07) is 8.14. The average Bonchev–Trinajstić information content (AvgIpc) is 2.90. The van der Waals surface area contributed by atoms with Gasteiger partial charge in [0.1, 0.15) is 11.5 Å². The van der Waals surface area contributed by atoms with Crippen LogP contribution in [0, 0.1) is 0 Å². The van der Waals surface area contributed by atoms with Gasteiger partial charge in [0.25, 0.3) is 0 Å². The Labute approximate surface area is 103 Å². The van der Waals surface area contributed by atoms with E-state index in [2.05, 4.69) is 12.1 Å². The molecule has 0 aliphatic heterocycles. The highest BCUT2D eigenvalue weighted by Crippen LogP contribution is 2.32. The van der Waals surface area contributed by atoms with Gasteiger partial charge >= 0.3 is 0 Å². The Bertz CT molecular complexity index is 382. The summed E-state index contributed by atoms with van der Waals surface area (Å²) < 4.78 is 11.0. The third kappa shape index (κ3) is 2.82. The number of ether oxygens (including phenoxy) is 2. The second-order valence-electron chi connectivity index (χ2n) is 4.30. The predicted octanol–water partition coefficient (Wildman–Crippen LogP) is 4.02. The zero-order valence-corrected chi connectivity index (χ0v) is 10.7. The first kappa shape index (κ1) is 12.0. The molecule has 0 bridgehead atoms. The fourth-order valence-corrected chi connectivity index (χ4v) is 2.31. The number of hydrogen-bond acceptors (Lipinski definition) is 2. The van der Waals surface area contributed by atoms with Crippen LogP contribution in [-0.2, 0) is 4.74 Å². The molecular formula is C15H20O2. The highest BCUT2D eigenvalue weighted by molar-refractivity contribution is 5.64. The maximum atomic E-state index is 5.82. The van der Waals surface area contributed by atoms with Gasteiger partial charge in [0.2, 0.25) is 0 Å². The molecule has 1 fully saturated rings. The lowest BCUT2D eigenvalue weighted by Crippen LogP contribution is -1.95. The Morgan fingerprint density at radius 2 is 1.76 bits per heavy atom. The molecule has 0 radical (unpaired) electrons. The van der Waals surface area contributed by atoms with Crippen LogP contribution in [0.4, 0.5) is 0 Å². The van der Waals surface area contributed by atoms with Crippen molar-refractivity contribution in [2.45, 2.75) is 32.6 Å². The fourth-order valence-electron chi connectivity index (χ4n) is 2.31. The van der Waals surface area contributed by atoms with E-state index in [4.69, 9.17) is 9.47 Å². The summed E-state index contributed by atoms with van der Waals surface area (Å²) in [7, 11) is 1.69. The largest absolute Gasteiger partial charge is 0.497 e. The topological polar surface area (TPSA) is 18.5 Å². The smallest absolute Gasteiger partial charge is 0.125 e. The quantitative estimate of drug-likeness (QED) is 0.730. The van der Waals surface area contributed by atoms with Gasteiger partial charge in [0, 0.05) is 5.56 Å². The third-order valence-electron chi connectivity index (χ3n) is 3.17. The molecule has 0 aromatic heterocycles. The van der Waals surface area contributed by atoms with Crippen molar-refractivity contribution in [3.8, 4) is 5.75 Å². The Balaban J connectivity index is 2.28. The van der Waals surface area contributed by atoms with Crippen molar-refractivity contribution in [1.82, 2.24) is 0 Å². The molecule has 0 atom stereocenters. The van der Waals surface area contributed by atoms with Gasteiger partial charge in [0.05, 0.1) is 13.7 Å². The standard InChI is InChI=1S/C15H20O2/c1-3-17-15(12-6-4-5-7-12)13-8-10-14(16-2)11-9-13/h8-11H,3-7H2,1-2H3. The minimum Gasteiger partial charge on any atom is -0.497 e. The van der Waals surface area contributed by atoms with Crippen molar-refractivity contribution >= 4 is 5.76 Å². The summed E-state index contributed by atoms with van der Waals surface area (Å²) in [6.45, 7) is 2.77. The maximum absolute atomic E-state index is 5.82. The van der Waals surface area contributed by atoms with E-state index >= 15 is 0 Å². The normalized spacial score (nSPS) is 14.8. The lowest BCUT2D eigenvalue weighted by Gasteiger charge is -2.13. The van der Waals surface area contributed by atoms with Crippen molar-refractivity contribution in [3.63, 3.8) is 0 Å². The van der Waals surface area contributed by atoms with E-state index in [-0.39, 0.29) is 0 Å². The number of allylic oxidation sites excluding steroid dienone is 1. The molecular weight excluding hydrogens is 212 g/mol. The van der Waals surface area contributed by atoms with Crippen LogP contribution in [-0.4, -0.2) is 13.7 Å². The summed E-state index contributed by atoms with van der Waals surface area (Å²) in [5.74, 6) is 1.98. The maximum Gasteiger partial charge on any atom is 0.125 e. The Morgan fingerprint density at radius 3 is 2.29 bits per heavy atom. The zero-order chi connectivity index (χ0) is 12.1. The number of benzene rings is 1. The van der Waals surface area contributed by atoms with Gasteiger partial charge in [-0.3, -0.25) is 0 Å².